The van der Waals surface area contributed by atoms with Gasteiger partial charge in [0.25, 0.3) is 0 Å². The lowest BCUT2D eigenvalue weighted by molar-refractivity contribution is -0.124. The quantitative estimate of drug-likeness (QED) is 0.791. The van der Waals surface area contributed by atoms with Gasteiger partial charge >= 0.3 is 0 Å². The standard InChI is InChI=1S/C12H13Cl3O2/c1-3-7(2)11(16)6-17-12-9(14)4-8(13)5-10(12)15/h4-5,7H,3,6H2,1-2H3. The van der Waals surface area contributed by atoms with Crippen LogP contribution in [0.15, 0.2) is 12.1 Å². The SMILES string of the molecule is CCC(C)C(=O)COc1c(Cl)cc(Cl)cc1Cl. The highest BCUT2D eigenvalue weighted by atomic mass is 35.5. The molecule has 0 spiro atoms. The summed E-state index contributed by atoms with van der Waals surface area (Å²) in [7, 11) is 0. The Labute approximate surface area is 116 Å². The Kier molecular flexibility index (Phi) is 5.57. The first-order chi connectivity index (χ1) is 7.95. The van der Waals surface area contributed by atoms with Crippen molar-refractivity contribution in [3.8, 4) is 5.75 Å². The third-order valence-electron chi connectivity index (χ3n) is 2.48. The van der Waals surface area contributed by atoms with E-state index < -0.39 is 0 Å². The van der Waals surface area contributed by atoms with Crippen LogP contribution in [0, 0.1) is 5.92 Å². The predicted molar refractivity (Wildman–Crippen MR) is 71.4 cm³/mol. The highest BCUT2D eigenvalue weighted by molar-refractivity contribution is 6.40. The van der Waals surface area contributed by atoms with Gasteiger partial charge in [0, 0.05) is 10.9 Å². The van der Waals surface area contributed by atoms with Crippen LogP contribution in [-0.2, 0) is 4.79 Å². The van der Waals surface area contributed by atoms with E-state index in [1.54, 1.807) is 0 Å². The molecular formula is C12H13Cl3O2. The normalized spacial score (nSPS) is 12.3. The second-order valence-corrected chi connectivity index (χ2v) is 5.01. The number of carbonyl (C=O) groups excluding carboxylic acids is 1. The van der Waals surface area contributed by atoms with Crippen LogP contribution in [0.5, 0.6) is 5.75 Å². The molecule has 17 heavy (non-hydrogen) atoms. The minimum atomic E-state index is -0.0317. The van der Waals surface area contributed by atoms with E-state index in [0.717, 1.165) is 6.42 Å². The Morgan fingerprint density at radius 3 is 2.29 bits per heavy atom. The van der Waals surface area contributed by atoms with Crippen molar-refractivity contribution in [2.45, 2.75) is 20.3 Å². The summed E-state index contributed by atoms with van der Waals surface area (Å²) in [6.45, 7) is 3.78. The maximum Gasteiger partial charge on any atom is 0.172 e. The van der Waals surface area contributed by atoms with Crippen LogP contribution in [0.1, 0.15) is 20.3 Å². The first-order valence-electron chi connectivity index (χ1n) is 5.25. The molecule has 1 aromatic rings. The van der Waals surface area contributed by atoms with Gasteiger partial charge in [-0.3, -0.25) is 4.79 Å². The van der Waals surface area contributed by atoms with Gasteiger partial charge in [0.05, 0.1) is 10.0 Å². The van der Waals surface area contributed by atoms with Gasteiger partial charge in [-0.05, 0) is 18.6 Å². The molecule has 0 saturated carbocycles. The van der Waals surface area contributed by atoms with Gasteiger partial charge in [-0.2, -0.15) is 0 Å². The lowest BCUT2D eigenvalue weighted by atomic mass is 10.1. The summed E-state index contributed by atoms with van der Waals surface area (Å²) in [4.78, 5) is 11.6. The fraction of sp³-hybridized carbons (Fsp3) is 0.417. The smallest absolute Gasteiger partial charge is 0.172 e. The van der Waals surface area contributed by atoms with Crippen molar-refractivity contribution in [1.29, 1.82) is 0 Å². The van der Waals surface area contributed by atoms with Gasteiger partial charge in [-0.1, -0.05) is 48.7 Å². The summed E-state index contributed by atoms with van der Waals surface area (Å²) >= 11 is 17.6. The lowest BCUT2D eigenvalue weighted by Gasteiger charge is -2.12. The van der Waals surface area contributed by atoms with Crippen LogP contribution >= 0.6 is 34.8 Å². The largest absolute Gasteiger partial charge is 0.483 e. The zero-order chi connectivity index (χ0) is 13.0. The molecule has 0 saturated heterocycles. The molecule has 0 heterocycles. The molecule has 0 aliphatic carbocycles. The Morgan fingerprint density at radius 2 is 1.82 bits per heavy atom. The van der Waals surface area contributed by atoms with E-state index in [1.165, 1.54) is 12.1 Å². The lowest BCUT2D eigenvalue weighted by Crippen LogP contribution is -2.18. The molecule has 94 valence electrons. The van der Waals surface area contributed by atoms with E-state index >= 15 is 0 Å². The number of Topliss-reactive ketones (excluding diaryl/α,β-unsaturated/α-hetero) is 1. The summed E-state index contributed by atoms with van der Waals surface area (Å²) in [5, 5.41) is 1.04. The van der Waals surface area contributed by atoms with E-state index in [1.807, 2.05) is 13.8 Å². The van der Waals surface area contributed by atoms with Crippen molar-refractivity contribution in [2.75, 3.05) is 6.61 Å². The molecule has 1 unspecified atom stereocenters. The van der Waals surface area contributed by atoms with E-state index in [2.05, 4.69) is 0 Å². The molecule has 0 aromatic heterocycles. The number of ether oxygens (including phenoxy) is 1. The molecule has 1 aromatic carbocycles. The van der Waals surface area contributed by atoms with Crippen LogP contribution < -0.4 is 4.74 Å². The highest BCUT2D eigenvalue weighted by Gasteiger charge is 2.14. The molecule has 1 atom stereocenters. The van der Waals surface area contributed by atoms with Gasteiger partial charge < -0.3 is 4.74 Å². The third-order valence-corrected chi connectivity index (χ3v) is 3.26. The molecule has 0 aliphatic rings. The number of halogens is 3. The summed E-state index contributed by atoms with van der Waals surface area (Å²) in [5.41, 5.74) is 0. The van der Waals surface area contributed by atoms with Crippen molar-refractivity contribution >= 4 is 40.6 Å². The molecular weight excluding hydrogens is 282 g/mol. The fourth-order valence-corrected chi connectivity index (χ4v) is 2.11. The number of benzene rings is 1. The monoisotopic (exact) mass is 294 g/mol. The average Bonchev–Trinajstić information content (AvgIpc) is 2.26. The van der Waals surface area contributed by atoms with Crippen LogP contribution in [-0.4, -0.2) is 12.4 Å². The molecule has 0 fully saturated rings. The second kappa shape index (κ2) is 6.48. The van der Waals surface area contributed by atoms with E-state index in [4.69, 9.17) is 39.5 Å². The number of carbonyl (C=O) groups is 1. The number of ketones is 1. The summed E-state index contributed by atoms with van der Waals surface area (Å²) < 4.78 is 5.34. The Hall–Kier alpha value is -0.440. The minimum absolute atomic E-state index is 0.0228. The topological polar surface area (TPSA) is 26.3 Å². The van der Waals surface area contributed by atoms with Crippen molar-refractivity contribution < 1.29 is 9.53 Å². The number of hydrogen-bond donors (Lipinski definition) is 0. The molecule has 0 aliphatic heterocycles. The van der Waals surface area contributed by atoms with Crippen LogP contribution in [0.25, 0.3) is 0 Å². The number of rotatable bonds is 5. The molecule has 0 amide bonds. The van der Waals surface area contributed by atoms with Crippen LogP contribution in [0.4, 0.5) is 0 Å². The van der Waals surface area contributed by atoms with Gasteiger partial charge in [-0.15, -0.1) is 0 Å². The number of hydrogen-bond acceptors (Lipinski definition) is 2. The molecule has 1 rings (SSSR count). The van der Waals surface area contributed by atoms with Gasteiger partial charge in [0.1, 0.15) is 6.61 Å². The average molecular weight is 296 g/mol. The molecule has 0 radical (unpaired) electrons. The first kappa shape index (κ1) is 14.6. The van der Waals surface area contributed by atoms with Crippen molar-refractivity contribution in [3.63, 3.8) is 0 Å². The Balaban J connectivity index is 2.73. The zero-order valence-electron chi connectivity index (χ0n) is 9.60. The molecule has 2 nitrogen and oxygen atoms in total. The van der Waals surface area contributed by atoms with Gasteiger partial charge in [0.15, 0.2) is 11.5 Å². The van der Waals surface area contributed by atoms with Crippen molar-refractivity contribution in [2.24, 2.45) is 5.92 Å². The second-order valence-electron chi connectivity index (χ2n) is 3.76. The Morgan fingerprint density at radius 1 is 1.29 bits per heavy atom. The van der Waals surface area contributed by atoms with Gasteiger partial charge in [-0.25, -0.2) is 0 Å². The van der Waals surface area contributed by atoms with Crippen molar-refractivity contribution in [3.05, 3.63) is 27.2 Å². The summed E-state index contributed by atoms with van der Waals surface area (Å²) in [6.07, 6.45) is 0.782. The fourth-order valence-electron chi connectivity index (χ4n) is 1.18. The maximum absolute atomic E-state index is 11.6. The van der Waals surface area contributed by atoms with E-state index in [0.29, 0.717) is 20.8 Å². The third kappa shape index (κ3) is 4.06. The van der Waals surface area contributed by atoms with Gasteiger partial charge in [0.2, 0.25) is 0 Å². The maximum atomic E-state index is 11.6. The highest BCUT2D eigenvalue weighted by Crippen LogP contribution is 2.35. The first-order valence-corrected chi connectivity index (χ1v) is 6.39. The molecule has 5 heteroatoms. The van der Waals surface area contributed by atoms with E-state index in [9.17, 15) is 4.79 Å². The van der Waals surface area contributed by atoms with Crippen LogP contribution in [0.2, 0.25) is 15.1 Å². The van der Waals surface area contributed by atoms with Crippen LogP contribution in [0.3, 0.4) is 0 Å². The summed E-state index contributed by atoms with van der Waals surface area (Å²) in [6, 6.07) is 3.05. The van der Waals surface area contributed by atoms with E-state index in [-0.39, 0.29) is 18.3 Å². The predicted octanol–water partition coefficient (Wildman–Crippen LogP) is 4.64. The Bertz CT molecular complexity index is 395. The minimum Gasteiger partial charge on any atom is -0.483 e. The molecule has 0 N–H and O–H groups in total. The van der Waals surface area contributed by atoms with Crippen molar-refractivity contribution in [1.82, 2.24) is 0 Å². The zero-order valence-corrected chi connectivity index (χ0v) is 11.9. The summed E-state index contributed by atoms with van der Waals surface area (Å²) in [5.74, 6) is 0.295. The molecule has 0 bridgehead atoms.